The third kappa shape index (κ3) is 1.44. The zero-order chi connectivity index (χ0) is 8.55. The zero-order valence-corrected chi connectivity index (χ0v) is 10.4. The van der Waals surface area contributed by atoms with Gasteiger partial charge in [-0.25, -0.2) is 0 Å². The Kier molecular flexibility index (Phi) is 2.50. The van der Waals surface area contributed by atoms with Gasteiger partial charge in [-0.15, -0.1) is 0 Å². The minimum Gasteiger partial charge on any atom is -0.333 e. The first kappa shape index (κ1) is 8.69. The molecule has 1 aliphatic heterocycles. The van der Waals surface area contributed by atoms with Crippen LogP contribution in [0.15, 0.2) is 22.7 Å². The summed E-state index contributed by atoms with van der Waals surface area (Å²) in [5.41, 5.74) is 2.75. The molecule has 12 heavy (non-hydrogen) atoms. The molecule has 0 radical (unpaired) electrons. The fourth-order valence-corrected chi connectivity index (χ4v) is 3.81. The minimum atomic E-state index is 0.0796. The summed E-state index contributed by atoms with van der Waals surface area (Å²) >= 11 is 3.55. The standard InChI is InChI=1S/C9H9BrIN/c1-2-8-7-4-3-6(10)5-9(7)12-11-8/h3-5,12H,2H2,1H3. The first-order chi connectivity index (χ1) is 5.81. The van der Waals surface area contributed by atoms with E-state index in [1.54, 1.807) is 3.51 Å². The van der Waals surface area contributed by atoms with Crippen LogP contribution in [-0.4, -0.2) is 3.51 Å². The summed E-state index contributed by atoms with van der Waals surface area (Å²) < 4.78 is 6.27. The molecule has 2 rings (SSSR count). The summed E-state index contributed by atoms with van der Waals surface area (Å²) in [5.74, 6) is 0. The second-order valence-corrected chi connectivity index (χ2v) is 5.93. The van der Waals surface area contributed by atoms with Crippen LogP contribution in [0.5, 0.6) is 0 Å². The highest BCUT2D eigenvalue weighted by Crippen LogP contribution is 2.32. The van der Waals surface area contributed by atoms with Gasteiger partial charge < -0.3 is 3.53 Å². The Morgan fingerprint density at radius 1 is 1.50 bits per heavy atom. The average molecular weight is 338 g/mol. The van der Waals surface area contributed by atoms with Crippen LogP contribution in [0.4, 0.5) is 5.69 Å². The first-order valence-corrected chi connectivity index (χ1v) is 6.82. The number of hydrogen-bond donors (Lipinski definition) is 1. The van der Waals surface area contributed by atoms with E-state index in [1.807, 2.05) is 0 Å². The lowest BCUT2D eigenvalue weighted by Crippen LogP contribution is -1.91. The van der Waals surface area contributed by atoms with Gasteiger partial charge in [0.15, 0.2) is 0 Å². The number of hydrogen-bond acceptors (Lipinski definition) is 1. The highest BCUT2D eigenvalue weighted by molar-refractivity contribution is 14.2. The third-order valence-corrected chi connectivity index (χ3v) is 5.19. The van der Waals surface area contributed by atoms with Gasteiger partial charge in [0.1, 0.15) is 0 Å². The third-order valence-electron chi connectivity index (χ3n) is 1.85. The van der Waals surface area contributed by atoms with E-state index in [4.69, 9.17) is 0 Å². The van der Waals surface area contributed by atoms with Crippen molar-refractivity contribution in [1.82, 2.24) is 0 Å². The maximum absolute atomic E-state index is 3.48. The average Bonchev–Trinajstić information content (AvgIpc) is 2.46. The second kappa shape index (κ2) is 3.46. The SMILES string of the molecule is CCC1=INc2cc(Br)ccc21. The number of rotatable bonds is 1. The molecule has 64 valence electrons. The van der Waals surface area contributed by atoms with Gasteiger partial charge in [0.25, 0.3) is 0 Å². The number of halogens is 2. The summed E-state index contributed by atoms with van der Waals surface area (Å²) in [4.78, 5) is 0. The van der Waals surface area contributed by atoms with Crippen molar-refractivity contribution < 1.29 is 0 Å². The summed E-state index contributed by atoms with van der Waals surface area (Å²) in [7, 11) is 0. The summed E-state index contributed by atoms with van der Waals surface area (Å²) in [6.45, 7) is 2.23. The molecule has 0 saturated carbocycles. The Morgan fingerprint density at radius 2 is 2.33 bits per heavy atom. The zero-order valence-electron chi connectivity index (χ0n) is 6.70. The van der Waals surface area contributed by atoms with Gasteiger partial charge in [0, 0.05) is 34.5 Å². The molecule has 0 spiro atoms. The van der Waals surface area contributed by atoms with E-state index in [0.717, 1.165) is 4.47 Å². The van der Waals surface area contributed by atoms with E-state index in [-0.39, 0.29) is 21.0 Å². The van der Waals surface area contributed by atoms with Crippen LogP contribution in [0.1, 0.15) is 18.9 Å². The van der Waals surface area contributed by atoms with Crippen molar-refractivity contribution in [3.63, 3.8) is 0 Å². The molecule has 0 amide bonds. The van der Waals surface area contributed by atoms with Crippen LogP contribution in [0.2, 0.25) is 0 Å². The molecule has 3 heteroatoms. The van der Waals surface area contributed by atoms with Gasteiger partial charge in [-0.05, 0) is 18.6 Å². The molecular weight excluding hydrogens is 329 g/mol. The van der Waals surface area contributed by atoms with E-state index < -0.39 is 0 Å². The monoisotopic (exact) mass is 337 g/mol. The molecule has 1 heterocycles. The molecule has 0 fully saturated rings. The van der Waals surface area contributed by atoms with E-state index in [0.29, 0.717) is 0 Å². The van der Waals surface area contributed by atoms with Crippen molar-refractivity contribution in [3.05, 3.63) is 28.2 Å². The van der Waals surface area contributed by atoms with Gasteiger partial charge >= 0.3 is 0 Å². The molecule has 1 N–H and O–H groups in total. The Bertz CT molecular complexity index is 346. The molecule has 0 bridgehead atoms. The second-order valence-electron chi connectivity index (χ2n) is 2.64. The minimum absolute atomic E-state index is 0.0796. The van der Waals surface area contributed by atoms with Crippen LogP contribution >= 0.6 is 36.9 Å². The lowest BCUT2D eigenvalue weighted by atomic mass is 10.1. The highest BCUT2D eigenvalue weighted by Gasteiger charge is 2.12. The van der Waals surface area contributed by atoms with Crippen molar-refractivity contribution >= 4 is 46.1 Å². The van der Waals surface area contributed by atoms with E-state index in [9.17, 15) is 0 Å². The Labute approximate surface area is 90.8 Å². The molecule has 0 aromatic heterocycles. The van der Waals surface area contributed by atoms with Crippen molar-refractivity contribution in [2.75, 3.05) is 3.53 Å². The van der Waals surface area contributed by atoms with Gasteiger partial charge in [0.05, 0.1) is 5.69 Å². The number of anilines is 1. The van der Waals surface area contributed by atoms with Crippen molar-refractivity contribution in [2.45, 2.75) is 13.3 Å². The molecule has 0 saturated heterocycles. The fourth-order valence-electron chi connectivity index (χ4n) is 1.25. The maximum Gasteiger partial charge on any atom is 0.0516 e. The number of benzene rings is 1. The summed E-state index contributed by atoms with van der Waals surface area (Å²) in [6.07, 6.45) is 1.19. The van der Waals surface area contributed by atoms with E-state index in [1.165, 1.54) is 17.7 Å². The Hall–Kier alpha value is 0.1000. The predicted molar refractivity (Wildman–Crippen MR) is 66.2 cm³/mol. The van der Waals surface area contributed by atoms with Crippen molar-refractivity contribution in [2.24, 2.45) is 0 Å². The summed E-state index contributed by atoms with van der Waals surface area (Å²) in [6, 6.07) is 6.49. The topological polar surface area (TPSA) is 12.0 Å². The molecule has 1 aromatic rings. The molecule has 1 nitrogen and oxygen atoms in total. The normalized spacial score (nSPS) is 14.3. The van der Waals surface area contributed by atoms with Crippen molar-refractivity contribution in [3.8, 4) is 0 Å². The van der Waals surface area contributed by atoms with Crippen LogP contribution in [0.3, 0.4) is 0 Å². The lowest BCUT2D eigenvalue weighted by molar-refractivity contribution is 1.32. The van der Waals surface area contributed by atoms with Crippen molar-refractivity contribution in [1.29, 1.82) is 0 Å². The molecule has 1 aromatic carbocycles. The quantitative estimate of drug-likeness (QED) is 0.608. The van der Waals surface area contributed by atoms with Crippen LogP contribution in [0.25, 0.3) is 0 Å². The molecule has 0 atom stereocenters. The van der Waals surface area contributed by atoms with Gasteiger partial charge in [0.2, 0.25) is 0 Å². The van der Waals surface area contributed by atoms with Gasteiger partial charge in [-0.1, -0.05) is 28.9 Å². The lowest BCUT2D eigenvalue weighted by Gasteiger charge is -2.01. The maximum atomic E-state index is 3.48. The van der Waals surface area contributed by atoms with Crippen LogP contribution in [0, 0.1) is 0 Å². The van der Waals surface area contributed by atoms with E-state index in [2.05, 4.69) is 44.6 Å². The molecule has 1 aliphatic rings. The number of fused-ring (bicyclic) bond motifs is 1. The first-order valence-electron chi connectivity index (χ1n) is 3.87. The highest BCUT2D eigenvalue weighted by atomic mass is 127. The van der Waals surface area contributed by atoms with Gasteiger partial charge in [-0.2, -0.15) is 0 Å². The fraction of sp³-hybridized carbons (Fsp3) is 0.222. The summed E-state index contributed by atoms with van der Waals surface area (Å²) in [5, 5.41) is 0. The molecular formula is C9H9BrIN. The number of nitrogens with one attached hydrogen (secondary N) is 1. The molecule has 0 unspecified atom stereocenters. The smallest absolute Gasteiger partial charge is 0.0516 e. The predicted octanol–water partition coefficient (Wildman–Crippen LogP) is 3.69. The van der Waals surface area contributed by atoms with Crippen LogP contribution < -0.4 is 3.53 Å². The largest absolute Gasteiger partial charge is 0.333 e. The Morgan fingerprint density at radius 3 is 3.08 bits per heavy atom. The van der Waals surface area contributed by atoms with E-state index >= 15 is 0 Å². The Balaban J connectivity index is 2.47. The molecule has 0 aliphatic carbocycles. The van der Waals surface area contributed by atoms with Crippen LogP contribution in [-0.2, 0) is 0 Å². The van der Waals surface area contributed by atoms with Gasteiger partial charge in [-0.3, -0.25) is 0 Å².